The predicted octanol–water partition coefficient (Wildman–Crippen LogP) is 1.87. The molecule has 1 saturated heterocycles. The summed E-state index contributed by atoms with van der Waals surface area (Å²) in [4.78, 5) is 47.5. The molecule has 25 heavy (non-hydrogen) atoms. The van der Waals surface area contributed by atoms with Crippen molar-refractivity contribution in [1.29, 1.82) is 0 Å². The van der Waals surface area contributed by atoms with Gasteiger partial charge in [0, 0.05) is 0 Å². The van der Waals surface area contributed by atoms with Gasteiger partial charge < -0.3 is 10.4 Å². The Balaban J connectivity index is 1.99. The highest BCUT2D eigenvalue weighted by Gasteiger charge is 2.36. The lowest BCUT2D eigenvalue weighted by atomic mass is 10.2. The molecule has 1 unspecified atom stereocenters. The molecule has 0 saturated carbocycles. The number of aliphatic carboxylic acids is 1. The summed E-state index contributed by atoms with van der Waals surface area (Å²) in [5, 5.41) is 10.4. The van der Waals surface area contributed by atoms with Gasteiger partial charge in [0.05, 0.1) is 4.91 Å². The fourth-order valence-corrected chi connectivity index (χ4v) is 2.74. The second-order valence-corrected chi connectivity index (χ2v) is 6.18. The van der Waals surface area contributed by atoms with Crippen molar-refractivity contribution in [1.82, 2.24) is 10.2 Å². The zero-order chi connectivity index (χ0) is 18.4. The van der Waals surface area contributed by atoms with Crippen LogP contribution in [0.3, 0.4) is 0 Å². The van der Waals surface area contributed by atoms with Crippen LogP contribution in [0, 0.1) is 0 Å². The van der Waals surface area contributed by atoms with Crippen LogP contribution < -0.4 is 5.32 Å². The number of thioether (sulfide) groups is 1. The number of nitrogens with one attached hydrogen (secondary N) is 1. The molecule has 8 heteroatoms. The molecule has 1 fully saturated rings. The summed E-state index contributed by atoms with van der Waals surface area (Å²) in [6, 6.07) is 8.33. The highest BCUT2D eigenvalue weighted by Crippen LogP contribution is 2.30. The lowest BCUT2D eigenvalue weighted by Crippen LogP contribution is -2.45. The molecular weight excluding hydrogens is 344 g/mol. The Morgan fingerprint density at radius 3 is 2.60 bits per heavy atom. The van der Waals surface area contributed by atoms with Crippen molar-refractivity contribution in [3.63, 3.8) is 0 Å². The normalized spacial score (nSPS) is 17.3. The monoisotopic (exact) mass is 360 g/mol. The summed E-state index contributed by atoms with van der Waals surface area (Å²) in [6.07, 6.45) is 4.95. The number of nitrogens with zero attached hydrogens (tertiary/aromatic N) is 1. The van der Waals surface area contributed by atoms with E-state index in [0.717, 1.165) is 22.2 Å². The van der Waals surface area contributed by atoms with Crippen LogP contribution in [0.5, 0.6) is 0 Å². The Morgan fingerprint density at radius 2 is 1.96 bits per heavy atom. The fraction of sp³-hybridized carbons (Fsp3) is 0.176. The lowest BCUT2D eigenvalue weighted by molar-refractivity contribution is -0.141. The van der Waals surface area contributed by atoms with Gasteiger partial charge in [-0.25, -0.2) is 0 Å². The van der Waals surface area contributed by atoms with Crippen molar-refractivity contribution in [2.45, 2.75) is 13.0 Å². The molecule has 7 nitrogen and oxygen atoms in total. The number of hydrogen-bond donors (Lipinski definition) is 2. The number of carboxylic acids is 1. The molecule has 130 valence electrons. The summed E-state index contributed by atoms with van der Waals surface area (Å²) < 4.78 is 0. The van der Waals surface area contributed by atoms with Crippen LogP contribution in [-0.4, -0.2) is 45.6 Å². The number of benzene rings is 1. The van der Waals surface area contributed by atoms with Gasteiger partial charge in [0.1, 0.15) is 12.6 Å². The van der Waals surface area contributed by atoms with E-state index in [1.165, 1.54) is 13.0 Å². The number of carbonyl (C=O) groups excluding carboxylic acids is 3. The Morgan fingerprint density at radius 1 is 1.28 bits per heavy atom. The van der Waals surface area contributed by atoms with Gasteiger partial charge in [0.2, 0.25) is 5.91 Å². The van der Waals surface area contributed by atoms with Gasteiger partial charge >= 0.3 is 5.97 Å². The van der Waals surface area contributed by atoms with Crippen molar-refractivity contribution < 1.29 is 24.3 Å². The molecule has 2 rings (SSSR count). The number of carboxylic acid groups (broad SMARTS) is 1. The van der Waals surface area contributed by atoms with Gasteiger partial charge in [-0.3, -0.25) is 24.1 Å². The summed E-state index contributed by atoms with van der Waals surface area (Å²) in [5.41, 5.74) is 0.944. The molecule has 0 aromatic heterocycles. The molecule has 1 aromatic rings. The first-order valence-corrected chi connectivity index (χ1v) is 8.19. The first kappa shape index (κ1) is 18.5. The van der Waals surface area contributed by atoms with Crippen LogP contribution in [-0.2, 0) is 14.4 Å². The van der Waals surface area contributed by atoms with Crippen LogP contribution in [0.1, 0.15) is 12.5 Å². The van der Waals surface area contributed by atoms with Crippen LogP contribution in [0.2, 0.25) is 0 Å². The van der Waals surface area contributed by atoms with E-state index in [1.807, 2.05) is 30.3 Å². The van der Waals surface area contributed by atoms with Crippen LogP contribution in [0.15, 0.2) is 47.4 Å². The Labute approximate surface area is 148 Å². The van der Waals surface area contributed by atoms with Crippen molar-refractivity contribution in [2.75, 3.05) is 6.54 Å². The molecule has 0 bridgehead atoms. The number of imide groups is 1. The fourth-order valence-electron chi connectivity index (χ4n) is 1.95. The Bertz CT molecular complexity index is 758. The topological polar surface area (TPSA) is 104 Å². The highest BCUT2D eigenvalue weighted by atomic mass is 32.2. The molecule has 0 radical (unpaired) electrons. The average Bonchev–Trinajstić information content (AvgIpc) is 2.83. The third-order valence-corrected chi connectivity index (χ3v) is 4.18. The smallest absolute Gasteiger partial charge is 0.325 e. The minimum Gasteiger partial charge on any atom is -0.480 e. The molecule has 0 spiro atoms. The largest absolute Gasteiger partial charge is 0.480 e. The first-order chi connectivity index (χ1) is 11.9. The van der Waals surface area contributed by atoms with Crippen LogP contribution in [0.25, 0.3) is 6.08 Å². The molecule has 1 atom stereocenters. The van der Waals surface area contributed by atoms with Gasteiger partial charge in [0.25, 0.3) is 11.1 Å². The van der Waals surface area contributed by atoms with E-state index in [1.54, 1.807) is 12.2 Å². The second kappa shape index (κ2) is 8.29. The molecular formula is C17H16N2O5S. The third-order valence-electron chi connectivity index (χ3n) is 3.26. The molecule has 1 aliphatic heterocycles. The van der Waals surface area contributed by atoms with E-state index in [2.05, 4.69) is 5.32 Å². The molecule has 3 amide bonds. The van der Waals surface area contributed by atoms with Crippen molar-refractivity contribution in [3.8, 4) is 0 Å². The van der Waals surface area contributed by atoms with E-state index < -0.39 is 35.6 Å². The number of carbonyl (C=O) groups is 4. The Kier molecular flexibility index (Phi) is 6.13. The van der Waals surface area contributed by atoms with Crippen molar-refractivity contribution in [2.24, 2.45) is 0 Å². The molecule has 1 aliphatic rings. The summed E-state index contributed by atoms with van der Waals surface area (Å²) in [5.74, 6) is -2.49. The van der Waals surface area contributed by atoms with Crippen LogP contribution in [0.4, 0.5) is 4.79 Å². The zero-order valence-corrected chi connectivity index (χ0v) is 14.2. The molecule has 1 heterocycles. The van der Waals surface area contributed by atoms with Crippen molar-refractivity contribution >= 4 is 40.9 Å². The molecule has 1 aromatic carbocycles. The molecule has 2 N–H and O–H groups in total. The molecule has 0 aliphatic carbocycles. The third kappa shape index (κ3) is 5.05. The number of allylic oxidation sites excluding steroid dienone is 2. The predicted molar refractivity (Wildman–Crippen MR) is 93.5 cm³/mol. The highest BCUT2D eigenvalue weighted by molar-refractivity contribution is 8.18. The van der Waals surface area contributed by atoms with Gasteiger partial charge in [-0.1, -0.05) is 42.5 Å². The maximum atomic E-state index is 12.2. The first-order valence-electron chi connectivity index (χ1n) is 7.37. The Hall–Kier alpha value is -2.87. The zero-order valence-electron chi connectivity index (χ0n) is 13.3. The second-order valence-electron chi connectivity index (χ2n) is 5.19. The van der Waals surface area contributed by atoms with Crippen LogP contribution >= 0.6 is 11.8 Å². The standard InChI is InChI=1S/C17H16N2O5S/c1-11(16(22)23)18-14(20)10-19-15(21)13(25-17(19)24)9-5-8-12-6-3-2-4-7-12/h2-9,11H,10H2,1H3,(H,18,20)(H,22,23)/b8-5+,13-9-. The van der Waals surface area contributed by atoms with E-state index in [-0.39, 0.29) is 4.91 Å². The van der Waals surface area contributed by atoms with E-state index in [9.17, 15) is 19.2 Å². The maximum absolute atomic E-state index is 12.2. The van der Waals surface area contributed by atoms with E-state index in [4.69, 9.17) is 5.11 Å². The minimum absolute atomic E-state index is 0.205. The number of rotatable bonds is 6. The maximum Gasteiger partial charge on any atom is 0.325 e. The minimum atomic E-state index is -1.20. The summed E-state index contributed by atoms with van der Waals surface area (Å²) in [7, 11) is 0. The van der Waals surface area contributed by atoms with E-state index >= 15 is 0 Å². The summed E-state index contributed by atoms with van der Waals surface area (Å²) >= 11 is 0.735. The number of amides is 3. The lowest BCUT2D eigenvalue weighted by Gasteiger charge is -2.14. The quantitative estimate of drug-likeness (QED) is 0.751. The SMILES string of the molecule is CC(NC(=O)CN1C(=O)S/C(=C\C=C\c2ccccc2)C1=O)C(=O)O. The summed E-state index contributed by atoms with van der Waals surface area (Å²) in [6.45, 7) is 0.782. The van der Waals surface area contributed by atoms with Gasteiger partial charge in [-0.05, 0) is 30.3 Å². The van der Waals surface area contributed by atoms with Crippen molar-refractivity contribution in [3.05, 3.63) is 53.0 Å². The average molecular weight is 360 g/mol. The van der Waals surface area contributed by atoms with Gasteiger partial charge in [0.15, 0.2) is 0 Å². The van der Waals surface area contributed by atoms with Gasteiger partial charge in [-0.2, -0.15) is 0 Å². The van der Waals surface area contributed by atoms with Gasteiger partial charge in [-0.15, -0.1) is 0 Å². The number of hydrogen-bond acceptors (Lipinski definition) is 5. The van der Waals surface area contributed by atoms with E-state index in [0.29, 0.717) is 0 Å².